The van der Waals surface area contributed by atoms with Crippen LogP contribution in [-0.2, 0) is 14.3 Å². The van der Waals surface area contributed by atoms with Crippen LogP contribution in [0.3, 0.4) is 0 Å². The van der Waals surface area contributed by atoms with Crippen LogP contribution in [0.4, 0.5) is 4.79 Å². The van der Waals surface area contributed by atoms with Gasteiger partial charge in [-0.25, -0.2) is 4.79 Å². The summed E-state index contributed by atoms with van der Waals surface area (Å²) in [4.78, 5) is 36.2. The molecule has 0 spiro atoms. The average molecular weight is 479 g/mol. The van der Waals surface area contributed by atoms with E-state index in [-0.39, 0.29) is 36.7 Å². The SMILES string of the molecule is CC(C)(CCC(=O)NCC1CCCC1C(=O)O)NC(=O)OCC1c2ccccc2-c2ccccc21. The Morgan fingerprint density at radius 1 is 1.00 bits per heavy atom. The molecule has 1 saturated carbocycles. The number of amides is 2. The van der Waals surface area contributed by atoms with Gasteiger partial charge in [0.2, 0.25) is 5.91 Å². The molecule has 2 aromatic rings. The first-order chi connectivity index (χ1) is 16.7. The van der Waals surface area contributed by atoms with Gasteiger partial charge in [-0.05, 0) is 61.3 Å². The highest BCUT2D eigenvalue weighted by Crippen LogP contribution is 2.44. The average Bonchev–Trinajstić information content (AvgIpc) is 3.43. The number of ether oxygens (including phenoxy) is 1. The predicted molar refractivity (Wildman–Crippen MR) is 133 cm³/mol. The third-order valence-electron chi connectivity index (χ3n) is 7.30. The molecule has 2 aliphatic rings. The van der Waals surface area contributed by atoms with E-state index in [0.717, 1.165) is 24.0 Å². The molecule has 0 radical (unpaired) electrons. The summed E-state index contributed by atoms with van der Waals surface area (Å²) in [6.45, 7) is 4.34. The number of carboxylic acid groups (broad SMARTS) is 1. The minimum absolute atomic E-state index is 0.00717. The molecule has 2 aromatic carbocycles. The molecule has 0 aromatic heterocycles. The molecule has 0 saturated heterocycles. The van der Waals surface area contributed by atoms with Gasteiger partial charge in [0.25, 0.3) is 0 Å². The van der Waals surface area contributed by atoms with E-state index < -0.39 is 17.6 Å². The fourth-order valence-corrected chi connectivity index (χ4v) is 5.34. The second-order valence-corrected chi connectivity index (χ2v) is 10.3. The summed E-state index contributed by atoms with van der Waals surface area (Å²) < 4.78 is 5.63. The van der Waals surface area contributed by atoms with Gasteiger partial charge in [0, 0.05) is 24.4 Å². The van der Waals surface area contributed by atoms with Crippen LogP contribution in [0, 0.1) is 11.8 Å². The van der Waals surface area contributed by atoms with E-state index in [2.05, 4.69) is 34.9 Å². The maximum absolute atomic E-state index is 12.6. The first-order valence-electron chi connectivity index (χ1n) is 12.4. The van der Waals surface area contributed by atoms with Crippen LogP contribution in [0.5, 0.6) is 0 Å². The molecular weight excluding hydrogens is 444 g/mol. The summed E-state index contributed by atoms with van der Waals surface area (Å²) in [5, 5.41) is 15.0. The molecule has 2 unspecified atom stereocenters. The summed E-state index contributed by atoms with van der Waals surface area (Å²) in [6, 6.07) is 16.4. The quantitative estimate of drug-likeness (QED) is 0.485. The van der Waals surface area contributed by atoms with Crippen molar-refractivity contribution in [3.05, 3.63) is 59.7 Å². The first-order valence-corrected chi connectivity index (χ1v) is 12.4. The van der Waals surface area contributed by atoms with Crippen molar-refractivity contribution in [2.24, 2.45) is 11.8 Å². The van der Waals surface area contributed by atoms with Crippen molar-refractivity contribution >= 4 is 18.0 Å². The molecule has 4 rings (SSSR count). The Labute approximate surface area is 206 Å². The van der Waals surface area contributed by atoms with Crippen molar-refractivity contribution in [1.29, 1.82) is 0 Å². The lowest BCUT2D eigenvalue weighted by molar-refractivity contribution is -0.143. The number of carbonyl (C=O) groups is 3. The largest absolute Gasteiger partial charge is 0.481 e. The molecule has 2 amide bonds. The number of rotatable bonds is 9. The smallest absolute Gasteiger partial charge is 0.407 e. The summed E-state index contributed by atoms with van der Waals surface area (Å²) in [5.74, 6) is -1.31. The Morgan fingerprint density at radius 3 is 2.26 bits per heavy atom. The Bertz CT molecular complexity index is 1050. The van der Waals surface area contributed by atoms with E-state index in [1.807, 2.05) is 38.1 Å². The molecule has 7 nitrogen and oxygen atoms in total. The standard InChI is InChI=1S/C28H34N2O5/c1-28(2,15-14-25(31)29-16-18-8-7-13-19(18)26(32)33)30-27(34)35-17-24-22-11-5-3-9-20(22)21-10-4-6-12-23(21)24/h3-6,9-12,18-19,24H,7-8,13-17H2,1-2H3,(H,29,31)(H,30,34)(H,32,33). The van der Waals surface area contributed by atoms with Crippen molar-refractivity contribution in [2.75, 3.05) is 13.2 Å². The topological polar surface area (TPSA) is 105 Å². The molecule has 0 aliphatic heterocycles. The first kappa shape index (κ1) is 24.8. The van der Waals surface area contributed by atoms with Gasteiger partial charge in [0.05, 0.1) is 5.92 Å². The monoisotopic (exact) mass is 478 g/mol. The van der Waals surface area contributed by atoms with Crippen molar-refractivity contribution in [3.63, 3.8) is 0 Å². The lowest BCUT2D eigenvalue weighted by Gasteiger charge is -2.26. The van der Waals surface area contributed by atoms with E-state index in [1.165, 1.54) is 11.1 Å². The number of carbonyl (C=O) groups excluding carboxylic acids is 2. The lowest BCUT2D eigenvalue weighted by atomic mass is 9.95. The third-order valence-corrected chi connectivity index (χ3v) is 7.30. The van der Waals surface area contributed by atoms with Gasteiger partial charge in [-0.15, -0.1) is 0 Å². The van der Waals surface area contributed by atoms with Crippen LogP contribution >= 0.6 is 0 Å². The maximum Gasteiger partial charge on any atom is 0.407 e. The van der Waals surface area contributed by atoms with Gasteiger partial charge in [-0.1, -0.05) is 55.0 Å². The molecule has 35 heavy (non-hydrogen) atoms. The van der Waals surface area contributed by atoms with Crippen LogP contribution in [0.2, 0.25) is 0 Å². The normalized spacial score (nSPS) is 19.0. The number of aliphatic carboxylic acids is 1. The van der Waals surface area contributed by atoms with Crippen molar-refractivity contribution in [1.82, 2.24) is 10.6 Å². The van der Waals surface area contributed by atoms with E-state index in [1.54, 1.807) is 0 Å². The summed E-state index contributed by atoms with van der Waals surface area (Å²) >= 11 is 0. The zero-order valence-electron chi connectivity index (χ0n) is 20.4. The van der Waals surface area contributed by atoms with Crippen LogP contribution in [0.25, 0.3) is 11.1 Å². The number of carboxylic acids is 1. The predicted octanol–water partition coefficient (Wildman–Crippen LogP) is 4.70. The van der Waals surface area contributed by atoms with Gasteiger partial charge in [0.1, 0.15) is 6.61 Å². The number of alkyl carbamates (subject to hydrolysis) is 1. The van der Waals surface area contributed by atoms with E-state index in [0.29, 0.717) is 19.4 Å². The number of benzene rings is 2. The maximum atomic E-state index is 12.6. The van der Waals surface area contributed by atoms with Gasteiger partial charge in [0.15, 0.2) is 0 Å². The molecule has 3 N–H and O–H groups in total. The van der Waals surface area contributed by atoms with Crippen LogP contribution < -0.4 is 10.6 Å². The Balaban J connectivity index is 1.24. The minimum Gasteiger partial charge on any atom is -0.481 e. The van der Waals surface area contributed by atoms with Crippen LogP contribution in [0.15, 0.2) is 48.5 Å². The Morgan fingerprint density at radius 2 is 1.63 bits per heavy atom. The second kappa shape index (κ2) is 10.5. The highest BCUT2D eigenvalue weighted by molar-refractivity contribution is 5.79. The van der Waals surface area contributed by atoms with E-state index >= 15 is 0 Å². The van der Waals surface area contributed by atoms with E-state index in [9.17, 15) is 19.5 Å². The highest BCUT2D eigenvalue weighted by Gasteiger charge is 2.33. The fraction of sp³-hybridized carbons (Fsp3) is 0.464. The molecule has 0 bridgehead atoms. The summed E-state index contributed by atoms with van der Waals surface area (Å²) in [6.07, 6.45) is 2.55. The third kappa shape index (κ3) is 5.84. The van der Waals surface area contributed by atoms with Gasteiger partial charge >= 0.3 is 12.1 Å². The van der Waals surface area contributed by atoms with Crippen LogP contribution in [-0.4, -0.2) is 41.8 Å². The zero-order chi connectivity index (χ0) is 25.0. The highest BCUT2D eigenvalue weighted by atomic mass is 16.5. The summed E-state index contributed by atoms with van der Waals surface area (Å²) in [7, 11) is 0. The van der Waals surface area contributed by atoms with Gasteiger partial charge in [-0.3, -0.25) is 9.59 Å². The van der Waals surface area contributed by atoms with Gasteiger partial charge in [-0.2, -0.15) is 0 Å². The Kier molecular flexibility index (Phi) is 7.43. The van der Waals surface area contributed by atoms with Crippen molar-refractivity contribution in [2.45, 2.75) is 57.4 Å². The molecule has 1 fully saturated rings. The minimum atomic E-state index is -0.782. The fourth-order valence-electron chi connectivity index (χ4n) is 5.34. The summed E-state index contributed by atoms with van der Waals surface area (Å²) in [5.41, 5.74) is 4.04. The zero-order valence-corrected chi connectivity index (χ0v) is 20.4. The molecular formula is C28H34N2O5. The molecule has 0 heterocycles. The molecule has 7 heteroatoms. The van der Waals surface area contributed by atoms with E-state index in [4.69, 9.17) is 4.74 Å². The van der Waals surface area contributed by atoms with Crippen molar-refractivity contribution in [3.8, 4) is 11.1 Å². The molecule has 2 atom stereocenters. The van der Waals surface area contributed by atoms with Gasteiger partial charge < -0.3 is 20.5 Å². The van der Waals surface area contributed by atoms with Crippen LogP contribution in [0.1, 0.15) is 63.0 Å². The van der Waals surface area contributed by atoms with Crippen molar-refractivity contribution < 1.29 is 24.2 Å². The molecule has 2 aliphatic carbocycles. The lowest BCUT2D eigenvalue weighted by Crippen LogP contribution is -2.45. The Hall–Kier alpha value is -3.35. The number of fused-ring (bicyclic) bond motifs is 3. The number of hydrogen-bond donors (Lipinski definition) is 3. The molecule has 186 valence electrons. The number of nitrogens with one attached hydrogen (secondary N) is 2. The second-order valence-electron chi connectivity index (χ2n) is 10.3. The number of hydrogen-bond acceptors (Lipinski definition) is 4.